The zero-order valence-electron chi connectivity index (χ0n) is 18.5. The average Bonchev–Trinajstić information content (AvgIpc) is 3.37. The van der Waals surface area contributed by atoms with Crippen molar-refractivity contribution in [3.8, 4) is 5.69 Å². The van der Waals surface area contributed by atoms with Gasteiger partial charge in [0.05, 0.1) is 40.4 Å². The van der Waals surface area contributed by atoms with E-state index in [-0.39, 0.29) is 17.8 Å². The first-order chi connectivity index (χ1) is 16.6. The Morgan fingerprint density at radius 1 is 1.17 bits per heavy atom. The molecule has 11 heteroatoms. The van der Waals surface area contributed by atoms with Crippen molar-refractivity contribution in [2.75, 3.05) is 6.54 Å². The van der Waals surface area contributed by atoms with Crippen molar-refractivity contribution in [1.82, 2.24) is 15.1 Å². The van der Waals surface area contributed by atoms with Crippen molar-refractivity contribution in [1.29, 1.82) is 0 Å². The summed E-state index contributed by atoms with van der Waals surface area (Å²) in [7, 11) is 0. The number of carbonyl (C=O) groups excluding carboxylic acids is 2. The second kappa shape index (κ2) is 9.51. The average molecular weight is 503 g/mol. The van der Waals surface area contributed by atoms with E-state index in [4.69, 9.17) is 5.73 Å². The molecular weight excluding hydrogens is 481 g/mol. The number of fused-ring (bicyclic) bond motifs is 1. The van der Waals surface area contributed by atoms with Crippen LogP contribution in [-0.4, -0.2) is 33.2 Å². The minimum absolute atomic E-state index is 0.141. The number of benzene rings is 2. The smallest absolute Gasteiger partial charge is 0.390 e. The molecule has 4 rings (SSSR count). The lowest BCUT2D eigenvalue weighted by Gasteiger charge is -2.08. The largest absolute Gasteiger partial charge is 0.416 e. The van der Waals surface area contributed by atoms with Crippen LogP contribution in [0.2, 0.25) is 0 Å². The number of thiophene rings is 1. The summed E-state index contributed by atoms with van der Waals surface area (Å²) < 4.78 is 41.6. The van der Waals surface area contributed by atoms with Crippen LogP contribution >= 0.6 is 11.3 Å². The summed E-state index contributed by atoms with van der Waals surface area (Å²) in [5, 5.41) is 17.4. The number of hydrogen-bond donors (Lipinski definition) is 3. The summed E-state index contributed by atoms with van der Waals surface area (Å²) in [6.45, 7) is 0.823. The van der Waals surface area contributed by atoms with Gasteiger partial charge in [-0.3, -0.25) is 9.59 Å². The number of alkyl halides is 3. The van der Waals surface area contributed by atoms with Gasteiger partial charge >= 0.3 is 6.18 Å². The Bertz CT molecular complexity index is 1430. The van der Waals surface area contributed by atoms with Gasteiger partial charge in [0.2, 0.25) is 5.91 Å². The van der Waals surface area contributed by atoms with Gasteiger partial charge in [-0.15, -0.1) is 11.3 Å². The molecule has 2 heterocycles. The number of rotatable bonds is 7. The standard InChI is InChI=1S/C24H21F3N4O3S/c1-13-21(23(34)29-11-20(28)33)18(12-32)30-31(13)19-7-3-5-15-10-17(35-22(15)19)9-14-4-2-6-16(8-14)24(25,26)27/h2-8,10,32H,9,11-12H2,1H3,(H2,28,33)(H,29,34). The van der Waals surface area contributed by atoms with E-state index in [0.29, 0.717) is 23.4 Å². The molecule has 0 saturated carbocycles. The van der Waals surface area contributed by atoms with E-state index in [1.54, 1.807) is 19.1 Å². The number of nitrogens with zero attached hydrogens (tertiary/aromatic N) is 2. The third kappa shape index (κ3) is 5.05. The predicted molar refractivity (Wildman–Crippen MR) is 125 cm³/mol. The van der Waals surface area contributed by atoms with Gasteiger partial charge in [0.1, 0.15) is 5.69 Å². The second-order valence-electron chi connectivity index (χ2n) is 7.91. The molecular formula is C24H21F3N4O3S. The first-order valence-electron chi connectivity index (χ1n) is 10.5. The van der Waals surface area contributed by atoms with Crippen molar-refractivity contribution in [2.45, 2.75) is 26.1 Å². The molecule has 0 aliphatic rings. The summed E-state index contributed by atoms with van der Waals surface area (Å²) in [6.07, 6.45) is -4.09. The normalized spacial score (nSPS) is 11.7. The highest BCUT2D eigenvalue weighted by Gasteiger charge is 2.30. The molecule has 0 aliphatic heterocycles. The van der Waals surface area contributed by atoms with Gasteiger partial charge in [0.15, 0.2) is 0 Å². The number of carbonyl (C=O) groups is 2. The molecule has 0 atom stereocenters. The van der Waals surface area contributed by atoms with E-state index in [1.807, 2.05) is 18.2 Å². The Morgan fingerprint density at radius 2 is 1.91 bits per heavy atom. The lowest BCUT2D eigenvalue weighted by molar-refractivity contribution is -0.137. The third-order valence-electron chi connectivity index (χ3n) is 5.42. The number of aliphatic hydroxyl groups is 1. The predicted octanol–water partition coefficient (Wildman–Crippen LogP) is 3.71. The maximum absolute atomic E-state index is 13.1. The number of aromatic nitrogens is 2. The number of aliphatic hydroxyl groups excluding tert-OH is 1. The van der Waals surface area contributed by atoms with E-state index >= 15 is 0 Å². The quantitative estimate of drug-likeness (QED) is 0.358. The van der Waals surface area contributed by atoms with Gasteiger partial charge in [-0.1, -0.05) is 30.3 Å². The molecule has 4 N–H and O–H groups in total. The number of amides is 2. The maximum atomic E-state index is 13.1. The molecule has 35 heavy (non-hydrogen) atoms. The van der Waals surface area contributed by atoms with Gasteiger partial charge in [-0.2, -0.15) is 18.3 Å². The Morgan fingerprint density at radius 3 is 2.60 bits per heavy atom. The Labute approximate surface area is 202 Å². The maximum Gasteiger partial charge on any atom is 0.416 e. The first kappa shape index (κ1) is 24.4. The van der Waals surface area contributed by atoms with Crippen LogP contribution in [0.4, 0.5) is 13.2 Å². The fraction of sp³-hybridized carbons (Fsp3) is 0.208. The summed E-state index contributed by atoms with van der Waals surface area (Å²) in [5.74, 6) is -1.29. The number of nitrogens with two attached hydrogens (primary N) is 1. The Hall–Kier alpha value is -3.70. The fourth-order valence-corrected chi connectivity index (χ4v) is 5.06. The van der Waals surface area contributed by atoms with Crippen LogP contribution < -0.4 is 11.1 Å². The molecule has 182 valence electrons. The highest BCUT2D eigenvalue weighted by atomic mass is 32.1. The lowest BCUT2D eigenvalue weighted by atomic mass is 10.1. The molecule has 2 aromatic heterocycles. The molecule has 0 bridgehead atoms. The minimum atomic E-state index is -4.41. The van der Waals surface area contributed by atoms with Crippen molar-refractivity contribution in [3.05, 3.63) is 81.5 Å². The fourth-order valence-electron chi connectivity index (χ4n) is 3.87. The van der Waals surface area contributed by atoms with Crippen LogP contribution in [0.15, 0.2) is 48.5 Å². The molecule has 7 nitrogen and oxygen atoms in total. The summed E-state index contributed by atoms with van der Waals surface area (Å²) in [6, 6.07) is 12.7. The zero-order chi connectivity index (χ0) is 25.3. The van der Waals surface area contributed by atoms with E-state index in [2.05, 4.69) is 10.4 Å². The van der Waals surface area contributed by atoms with E-state index in [9.17, 15) is 27.9 Å². The highest BCUT2D eigenvalue weighted by Crippen LogP contribution is 2.35. The SMILES string of the molecule is Cc1c(C(=O)NCC(N)=O)c(CO)nn1-c1cccc2cc(Cc3cccc(C(F)(F)F)c3)sc12. The molecule has 0 unspecified atom stereocenters. The van der Waals surface area contributed by atoms with Gasteiger partial charge in [0, 0.05) is 11.3 Å². The number of halogens is 3. The second-order valence-corrected chi connectivity index (χ2v) is 9.05. The molecule has 0 spiro atoms. The van der Waals surface area contributed by atoms with E-state index in [1.165, 1.54) is 22.1 Å². The number of hydrogen-bond acceptors (Lipinski definition) is 5. The first-order valence-corrected chi connectivity index (χ1v) is 11.3. The third-order valence-corrected chi connectivity index (χ3v) is 6.60. The lowest BCUT2D eigenvalue weighted by Crippen LogP contribution is -2.33. The summed E-state index contributed by atoms with van der Waals surface area (Å²) in [5.41, 5.74) is 6.34. The Kier molecular flexibility index (Phi) is 6.64. The van der Waals surface area contributed by atoms with Crippen LogP contribution in [0, 0.1) is 6.92 Å². The van der Waals surface area contributed by atoms with Crippen LogP contribution in [-0.2, 0) is 24.0 Å². The van der Waals surface area contributed by atoms with Gasteiger partial charge in [-0.25, -0.2) is 4.68 Å². The number of primary amides is 1. The minimum Gasteiger partial charge on any atom is -0.390 e. The molecule has 2 amide bonds. The summed E-state index contributed by atoms with van der Waals surface area (Å²) in [4.78, 5) is 24.5. The van der Waals surface area contributed by atoms with Crippen LogP contribution in [0.25, 0.3) is 15.8 Å². The topological polar surface area (TPSA) is 110 Å². The van der Waals surface area contributed by atoms with Crippen LogP contribution in [0.3, 0.4) is 0 Å². The molecule has 4 aromatic rings. The molecule has 2 aromatic carbocycles. The Balaban J connectivity index is 1.72. The van der Waals surface area contributed by atoms with Crippen LogP contribution in [0.5, 0.6) is 0 Å². The van der Waals surface area contributed by atoms with Crippen molar-refractivity contribution >= 4 is 33.2 Å². The van der Waals surface area contributed by atoms with Gasteiger partial charge in [0.25, 0.3) is 5.91 Å². The van der Waals surface area contributed by atoms with Crippen molar-refractivity contribution in [3.63, 3.8) is 0 Å². The van der Waals surface area contributed by atoms with Gasteiger partial charge in [-0.05, 0) is 36.1 Å². The van der Waals surface area contributed by atoms with E-state index in [0.717, 1.165) is 27.1 Å². The highest BCUT2D eigenvalue weighted by molar-refractivity contribution is 7.19. The summed E-state index contributed by atoms with van der Waals surface area (Å²) >= 11 is 1.41. The molecule has 0 saturated heterocycles. The van der Waals surface area contributed by atoms with Crippen molar-refractivity contribution < 1.29 is 27.9 Å². The zero-order valence-corrected chi connectivity index (χ0v) is 19.3. The molecule has 0 fully saturated rings. The van der Waals surface area contributed by atoms with Gasteiger partial charge < -0.3 is 16.2 Å². The monoisotopic (exact) mass is 502 g/mol. The van der Waals surface area contributed by atoms with Crippen molar-refractivity contribution in [2.24, 2.45) is 5.73 Å². The van der Waals surface area contributed by atoms with Crippen LogP contribution in [0.1, 0.15) is 37.7 Å². The molecule has 0 aliphatic carbocycles. The molecule has 0 radical (unpaired) electrons. The van der Waals surface area contributed by atoms with E-state index < -0.39 is 30.2 Å². The number of nitrogens with one attached hydrogen (secondary N) is 1.